The number of hydroxylamine groups is 2. The Morgan fingerprint density at radius 3 is 2.21 bits per heavy atom. The van der Waals surface area contributed by atoms with Crippen LogP contribution in [-0.2, 0) is 9.47 Å². The van der Waals surface area contributed by atoms with Crippen LogP contribution >= 0.6 is 0 Å². The van der Waals surface area contributed by atoms with Crippen molar-refractivity contribution in [3.05, 3.63) is 0 Å². The second-order valence-electron chi connectivity index (χ2n) is 3.09. The highest BCUT2D eigenvalue weighted by Crippen LogP contribution is 1.96. The van der Waals surface area contributed by atoms with Gasteiger partial charge in [0.05, 0.1) is 13.2 Å². The standard InChI is InChI=1S/C9H21NO4/c1-10(12)9-14-7-4-2-3-6-13-8-5-11/h11-12H,2-9H2,1H3. The highest BCUT2D eigenvalue weighted by molar-refractivity contribution is 4.40. The summed E-state index contributed by atoms with van der Waals surface area (Å²) in [6.45, 7) is 2.12. The highest BCUT2D eigenvalue weighted by Gasteiger charge is 1.93. The van der Waals surface area contributed by atoms with Crippen LogP contribution in [0.1, 0.15) is 19.3 Å². The zero-order valence-corrected chi connectivity index (χ0v) is 8.81. The minimum atomic E-state index is 0.0892. The lowest BCUT2D eigenvalue weighted by Gasteiger charge is -2.08. The molecule has 0 bridgehead atoms. The Labute approximate surface area is 85.2 Å². The topological polar surface area (TPSA) is 62.2 Å². The fraction of sp³-hybridized carbons (Fsp3) is 1.00. The lowest BCUT2D eigenvalue weighted by molar-refractivity contribution is -0.141. The average molecular weight is 207 g/mol. The largest absolute Gasteiger partial charge is 0.394 e. The molecule has 0 heterocycles. The summed E-state index contributed by atoms with van der Waals surface area (Å²) in [4.78, 5) is 0. The van der Waals surface area contributed by atoms with Gasteiger partial charge in [0.25, 0.3) is 0 Å². The van der Waals surface area contributed by atoms with Gasteiger partial charge in [-0.1, -0.05) is 0 Å². The molecule has 0 atom stereocenters. The maximum absolute atomic E-state index is 8.72. The SMILES string of the molecule is CN(O)COCCCCCOCCO. The number of rotatable bonds is 10. The first-order valence-corrected chi connectivity index (χ1v) is 4.93. The summed E-state index contributed by atoms with van der Waals surface area (Å²) in [6.07, 6.45) is 3.00. The van der Waals surface area contributed by atoms with Gasteiger partial charge in [0.2, 0.25) is 0 Å². The van der Waals surface area contributed by atoms with Crippen molar-refractivity contribution in [3.8, 4) is 0 Å². The lowest BCUT2D eigenvalue weighted by Crippen LogP contribution is -2.17. The maximum atomic E-state index is 8.72. The second kappa shape index (κ2) is 10.9. The van der Waals surface area contributed by atoms with E-state index in [-0.39, 0.29) is 13.3 Å². The Hall–Kier alpha value is -0.200. The van der Waals surface area contributed by atoms with Crippen LogP contribution in [0.25, 0.3) is 0 Å². The van der Waals surface area contributed by atoms with Crippen LogP contribution in [0.3, 0.4) is 0 Å². The molecule has 0 fully saturated rings. The number of unbranched alkanes of at least 4 members (excludes halogenated alkanes) is 2. The summed E-state index contributed by atoms with van der Waals surface area (Å²) in [5.74, 6) is 0. The predicted molar refractivity (Wildman–Crippen MR) is 52.1 cm³/mol. The summed E-state index contributed by atoms with van der Waals surface area (Å²) in [5, 5.41) is 18.1. The Kier molecular flexibility index (Phi) is 10.7. The molecule has 5 nitrogen and oxygen atoms in total. The zero-order chi connectivity index (χ0) is 10.6. The minimum Gasteiger partial charge on any atom is -0.394 e. The van der Waals surface area contributed by atoms with Gasteiger partial charge in [-0.25, -0.2) is 0 Å². The summed E-state index contributed by atoms with van der Waals surface area (Å²) >= 11 is 0. The Morgan fingerprint density at radius 1 is 1.00 bits per heavy atom. The van der Waals surface area contributed by atoms with Gasteiger partial charge in [0, 0.05) is 20.3 Å². The summed E-state index contributed by atoms with van der Waals surface area (Å²) in [5.41, 5.74) is 0. The lowest BCUT2D eigenvalue weighted by atomic mass is 10.2. The molecule has 0 aliphatic heterocycles. The van der Waals surface area contributed by atoms with Crippen molar-refractivity contribution in [1.82, 2.24) is 5.06 Å². The van der Waals surface area contributed by atoms with Crippen molar-refractivity contribution < 1.29 is 19.8 Å². The first kappa shape index (κ1) is 13.8. The van der Waals surface area contributed by atoms with E-state index in [2.05, 4.69) is 0 Å². The van der Waals surface area contributed by atoms with E-state index in [0.29, 0.717) is 19.8 Å². The van der Waals surface area contributed by atoms with Gasteiger partial charge < -0.3 is 19.8 Å². The molecule has 14 heavy (non-hydrogen) atoms. The molecule has 0 rings (SSSR count). The number of nitrogens with zero attached hydrogens (tertiary/aromatic N) is 1. The summed E-state index contributed by atoms with van der Waals surface area (Å²) in [6, 6.07) is 0. The summed E-state index contributed by atoms with van der Waals surface area (Å²) < 4.78 is 10.2. The third-order valence-electron chi connectivity index (χ3n) is 1.59. The minimum absolute atomic E-state index is 0.0892. The van der Waals surface area contributed by atoms with E-state index in [1.807, 2.05) is 0 Å². The van der Waals surface area contributed by atoms with Gasteiger partial charge in [0.1, 0.15) is 6.73 Å². The number of ether oxygens (including phenoxy) is 2. The van der Waals surface area contributed by atoms with Crippen LogP contribution in [0.15, 0.2) is 0 Å². The Bertz CT molecular complexity index is 111. The van der Waals surface area contributed by atoms with E-state index in [1.54, 1.807) is 7.05 Å². The smallest absolute Gasteiger partial charge is 0.121 e. The molecule has 0 aliphatic carbocycles. The molecule has 0 unspecified atom stereocenters. The van der Waals surface area contributed by atoms with Crippen LogP contribution < -0.4 is 0 Å². The van der Waals surface area contributed by atoms with Crippen LogP contribution in [-0.4, -0.2) is 55.6 Å². The van der Waals surface area contributed by atoms with Crippen molar-refractivity contribution in [2.45, 2.75) is 19.3 Å². The first-order chi connectivity index (χ1) is 6.77. The van der Waals surface area contributed by atoms with E-state index >= 15 is 0 Å². The number of hydrogen-bond acceptors (Lipinski definition) is 5. The zero-order valence-electron chi connectivity index (χ0n) is 8.81. The second-order valence-corrected chi connectivity index (χ2v) is 3.09. The van der Waals surface area contributed by atoms with Crippen LogP contribution in [0, 0.1) is 0 Å². The van der Waals surface area contributed by atoms with Crippen molar-refractivity contribution in [2.75, 3.05) is 40.2 Å². The van der Waals surface area contributed by atoms with Gasteiger partial charge in [-0.05, 0) is 19.3 Å². The van der Waals surface area contributed by atoms with Gasteiger partial charge in [-0.2, -0.15) is 5.06 Å². The fourth-order valence-electron chi connectivity index (χ4n) is 0.948. The highest BCUT2D eigenvalue weighted by atomic mass is 16.6. The normalized spacial score (nSPS) is 11.1. The molecule has 0 spiro atoms. The summed E-state index contributed by atoms with van der Waals surface area (Å²) in [7, 11) is 1.54. The van der Waals surface area contributed by atoms with E-state index < -0.39 is 0 Å². The molecular weight excluding hydrogens is 186 g/mol. The number of hydrogen-bond donors (Lipinski definition) is 2. The average Bonchev–Trinajstić information content (AvgIpc) is 2.15. The molecule has 0 saturated carbocycles. The molecule has 0 saturated heterocycles. The van der Waals surface area contributed by atoms with E-state index in [1.165, 1.54) is 0 Å². The van der Waals surface area contributed by atoms with Crippen molar-refractivity contribution in [3.63, 3.8) is 0 Å². The van der Waals surface area contributed by atoms with Gasteiger partial charge in [-0.3, -0.25) is 0 Å². The Morgan fingerprint density at radius 2 is 1.64 bits per heavy atom. The van der Waals surface area contributed by atoms with E-state index in [9.17, 15) is 0 Å². The molecule has 2 N–H and O–H groups in total. The molecular formula is C9H21NO4. The molecule has 0 radical (unpaired) electrons. The van der Waals surface area contributed by atoms with Crippen molar-refractivity contribution in [2.24, 2.45) is 0 Å². The molecule has 0 amide bonds. The number of aliphatic hydroxyl groups is 1. The third kappa shape index (κ3) is 11.8. The van der Waals surface area contributed by atoms with Gasteiger partial charge in [0.15, 0.2) is 0 Å². The number of aliphatic hydroxyl groups excluding tert-OH is 1. The molecule has 0 aromatic carbocycles. The molecule has 0 aliphatic rings. The third-order valence-corrected chi connectivity index (χ3v) is 1.59. The maximum Gasteiger partial charge on any atom is 0.121 e. The van der Waals surface area contributed by atoms with Crippen molar-refractivity contribution >= 4 is 0 Å². The monoisotopic (exact) mass is 207 g/mol. The van der Waals surface area contributed by atoms with Crippen molar-refractivity contribution in [1.29, 1.82) is 0 Å². The van der Waals surface area contributed by atoms with Gasteiger partial charge in [-0.15, -0.1) is 0 Å². The Balaban J connectivity index is 2.85. The first-order valence-electron chi connectivity index (χ1n) is 4.93. The molecule has 86 valence electrons. The van der Waals surface area contributed by atoms with E-state index in [0.717, 1.165) is 24.3 Å². The molecule has 0 aromatic rings. The van der Waals surface area contributed by atoms with Crippen LogP contribution in [0.5, 0.6) is 0 Å². The van der Waals surface area contributed by atoms with E-state index in [4.69, 9.17) is 19.8 Å². The van der Waals surface area contributed by atoms with Gasteiger partial charge >= 0.3 is 0 Å². The van der Waals surface area contributed by atoms with Crippen LogP contribution in [0.4, 0.5) is 0 Å². The molecule has 0 aromatic heterocycles. The predicted octanol–water partition coefficient (Wildman–Crippen LogP) is 0.461. The quantitative estimate of drug-likeness (QED) is 0.309. The fourth-order valence-corrected chi connectivity index (χ4v) is 0.948. The van der Waals surface area contributed by atoms with Crippen LogP contribution in [0.2, 0.25) is 0 Å². The molecule has 5 heteroatoms.